The van der Waals surface area contributed by atoms with E-state index in [2.05, 4.69) is 0 Å². The molecule has 0 atom stereocenters. The molecule has 2 saturated carbocycles. The summed E-state index contributed by atoms with van der Waals surface area (Å²) in [5.41, 5.74) is 1.54. The number of rotatable bonds is 9. The Morgan fingerprint density at radius 1 is 0.800 bits per heavy atom. The number of halogens is 3. The van der Waals surface area contributed by atoms with Crippen molar-refractivity contribution in [3.05, 3.63) is 64.5 Å². The van der Waals surface area contributed by atoms with Gasteiger partial charge in [0, 0.05) is 25.3 Å². The van der Waals surface area contributed by atoms with Crippen molar-refractivity contribution in [2.24, 2.45) is 5.92 Å². The number of ether oxygens (including phenoxy) is 3. The molecule has 2 fully saturated rings. The first-order chi connectivity index (χ1) is 17.0. The van der Waals surface area contributed by atoms with Crippen LogP contribution >= 0.6 is 0 Å². The molecule has 2 aliphatic carbocycles. The zero-order valence-electron chi connectivity index (χ0n) is 20.8. The van der Waals surface area contributed by atoms with E-state index in [0.29, 0.717) is 41.6 Å². The lowest BCUT2D eigenvalue weighted by Gasteiger charge is -2.30. The van der Waals surface area contributed by atoms with Gasteiger partial charge in [-0.25, -0.2) is 13.2 Å². The first-order valence-electron chi connectivity index (χ1n) is 13.0. The molecule has 0 unspecified atom stereocenters. The first kappa shape index (κ1) is 26.0. The van der Waals surface area contributed by atoms with Gasteiger partial charge in [0.1, 0.15) is 11.6 Å². The van der Waals surface area contributed by atoms with E-state index >= 15 is 8.78 Å². The highest BCUT2D eigenvalue weighted by Gasteiger charge is 2.30. The van der Waals surface area contributed by atoms with Crippen LogP contribution in [0.1, 0.15) is 86.8 Å². The van der Waals surface area contributed by atoms with Crippen molar-refractivity contribution < 1.29 is 27.4 Å². The lowest BCUT2D eigenvalue weighted by atomic mass is 9.77. The van der Waals surface area contributed by atoms with Crippen molar-refractivity contribution in [1.82, 2.24) is 0 Å². The van der Waals surface area contributed by atoms with Gasteiger partial charge in [0.05, 0.1) is 19.3 Å². The van der Waals surface area contributed by atoms with Crippen molar-refractivity contribution >= 4 is 0 Å². The van der Waals surface area contributed by atoms with Crippen LogP contribution in [-0.2, 0) is 16.1 Å². The zero-order chi connectivity index (χ0) is 24.8. The van der Waals surface area contributed by atoms with Crippen LogP contribution in [0.3, 0.4) is 0 Å². The molecule has 3 nitrogen and oxygen atoms in total. The fraction of sp³-hybridized carbons (Fsp3) is 0.586. The maximum atomic E-state index is 15.1. The van der Waals surface area contributed by atoms with Gasteiger partial charge in [0.2, 0.25) is 0 Å². The fourth-order valence-electron chi connectivity index (χ4n) is 5.62. The van der Waals surface area contributed by atoms with Gasteiger partial charge in [0.25, 0.3) is 0 Å². The minimum absolute atomic E-state index is 0.0225. The minimum atomic E-state index is -0.668. The summed E-state index contributed by atoms with van der Waals surface area (Å²) in [6, 6.07) is 8.49. The monoisotopic (exact) mass is 490 g/mol. The quantitative estimate of drug-likeness (QED) is 0.361. The van der Waals surface area contributed by atoms with Crippen molar-refractivity contribution in [2.45, 2.75) is 82.8 Å². The summed E-state index contributed by atoms with van der Waals surface area (Å²) in [6.07, 6.45) is 7.02. The molecule has 4 rings (SSSR count). The molecule has 0 heterocycles. The van der Waals surface area contributed by atoms with Crippen LogP contribution in [0, 0.1) is 23.4 Å². The average Bonchev–Trinajstić information content (AvgIpc) is 2.89. The summed E-state index contributed by atoms with van der Waals surface area (Å²) < 4.78 is 60.8. The Kier molecular flexibility index (Phi) is 9.12. The summed E-state index contributed by atoms with van der Waals surface area (Å²) in [5.74, 6) is -0.742. The molecule has 0 aliphatic heterocycles. The Morgan fingerprint density at radius 2 is 1.40 bits per heavy atom. The summed E-state index contributed by atoms with van der Waals surface area (Å²) in [6.45, 7) is 3.16. The van der Waals surface area contributed by atoms with E-state index in [9.17, 15) is 4.39 Å². The Bertz CT molecular complexity index is 964. The van der Waals surface area contributed by atoms with Gasteiger partial charge in [-0.05, 0) is 93.2 Å². The molecule has 0 aromatic heterocycles. The third-order valence-corrected chi connectivity index (χ3v) is 7.85. The maximum absolute atomic E-state index is 15.1. The largest absolute Gasteiger partial charge is 0.493 e. The van der Waals surface area contributed by atoms with Gasteiger partial charge in [0.15, 0.2) is 11.6 Å². The fourth-order valence-corrected chi connectivity index (χ4v) is 5.62. The van der Waals surface area contributed by atoms with Gasteiger partial charge in [-0.15, -0.1) is 0 Å². The Hall–Kier alpha value is -2.05. The highest BCUT2D eigenvalue weighted by molar-refractivity contribution is 5.32. The van der Waals surface area contributed by atoms with Crippen LogP contribution in [0.25, 0.3) is 0 Å². The lowest BCUT2D eigenvalue weighted by molar-refractivity contribution is 0.0655. The van der Waals surface area contributed by atoms with E-state index < -0.39 is 11.6 Å². The predicted molar refractivity (Wildman–Crippen MR) is 130 cm³/mol. The summed E-state index contributed by atoms with van der Waals surface area (Å²) >= 11 is 0. The van der Waals surface area contributed by atoms with Crippen LogP contribution in [0.4, 0.5) is 13.2 Å². The molecule has 6 heteroatoms. The highest BCUT2D eigenvalue weighted by atomic mass is 19.2. The molecule has 2 aliphatic rings. The molecule has 2 aromatic rings. The lowest BCUT2D eigenvalue weighted by Crippen LogP contribution is -2.21. The topological polar surface area (TPSA) is 27.7 Å². The van der Waals surface area contributed by atoms with E-state index in [4.69, 9.17) is 14.2 Å². The highest BCUT2D eigenvalue weighted by Crippen LogP contribution is 2.41. The van der Waals surface area contributed by atoms with Crippen LogP contribution < -0.4 is 4.74 Å². The van der Waals surface area contributed by atoms with Crippen LogP contribution in [-0.4, -0.2) is 26.4 Å². The third-order valence-electron chi connectivity index (χ3n) is 7.85. The van der Waals surface area contributed by atoms with E-state index in [1.54, 1.807) is 19.2 Å². The van der Waals surface area contributed by atoms with Crippen molar-refractivity contribution in [2.75, 3.05) is 20.3 Å². The van der Waals surface area contributed by atoms with Crippen LogP contribution in [0.5, 0.6) is 5.75 Å². The average molecular weight is 491 g/mol. The van der Waals surface area contributed by atoms with Crippen molar-refractivity contribution in [1.29, 1.82) is 0 Å². The van der Waals surface area contributed by atoms with E-state index in [-0.39, 0.29) is 30.4 Å². The van der Waals surface area contributed by atoms with Crippen molar-refractivity contribution in [3.63, 3.8) is 0 Å². The summed E-state index contributed by atoms with van der Waals surface area (Å²) in [7, 11) is 1.71. The third kappa shape index (κ3) is 6.39. The number of benzene rings is 2. The first-order valence-corrected chi connectivity index (χ1v) is 13.0. The number of methoxy groups -OCH3 is 1. The van der Waals surface area contributed by atoms with Gasteiger partial charge < -0.3 is 14.2 Å². The molecule has 0 saturated heterocycles. The number of hydrogen-bond donors (Lipinski definition) is 0. The van der Waals surface area contributed by atoms with Gasteiger partial charge in [-0.2, -0.15) is 0 Å². The molecular formula is C29H37F3O3. The van der Waals surface area contributed by atoms with Gasteiger partial charge in [-0.1, -0.05) is 18.2 Å². The summed E-state index contributed by atoms with van der Waals surface area (Å²) in [5, 5.41) is 0. The Labute approximate surface area is 207 Å². The Balaban J connectivity index is 1.29. The SMILES string of the molecule is CCOCc1ccc(OCC2CCC(c3ccc(C4CCC(OC)CC4)c(F)c3F)CC2)cc1F. The molecule has 35 heavy (non-hydrogen) atoms. The van der Waals surface area contributed by atoms with Gasteiger partial charge >= 0.3 is 0 Å². The molecular weight excluding hydrogens is 453 g/mol. The standard InChI is InChI=1S/C29H37F3O3/c1-3-34-18-22-10-13-24(16-27(22)30)35-17-19-4-6-20(7-5-19)25-14-15-26(29(32)28(25)31)21-8-11-23(33-2)12-9-21/h10,13-16,19-21,23H,3-9,11-12,17-18H2,1-2H3. The maximum Gasteiger partial charge on any atom is 0.162 e. The smallest absolute Gasteiger partial charge is 0.162 e. The van der Waals surface area contributed by atoms with Crippen LogP contribution in [0.15, 0.2) is 30.3 Å². The summed E-state index contributed by atoms with van der Waals surface area (Å²) in [4.78, 5) is 0. The minimum Gasteiger partial charge on any atom is -0.493 e. The molecule has 0 N–H and O–H groups in total. The molecule has 0 radical (unpaired) electrons. The van der Waals surface area contributed by atoms with Crippen LogP contribution in [0.2, 0.25) is 0 Å². The molecule has 0 bridgehead atoms. The Morgan fingerprint density at radius 3 is 1.94 bits per heavy atom. The molecule has 2 aromatic carbocycles. The van der Waals surface area contributed by atoms with Gasteiger partial charge in [-0.3, -0.25) is 0 Å². The van der Waals surface area contributed by atoms with Crippen molar-refractivity contribution in [3.8, 4) is 5.75 Å². The predicted octanol–water partition coefficient (Wildman–Crippen LogP) is 7.67. The normalized spacial score (nSPS) is 24.9. The second-order valence-electron chi connectivity index (χ2n) is 10.0. The van der Waals surface area contributed by atoms with E-state index in [1.165, 1.54) is 6.07 Å². The molecule has 0 amide bonds. The molecule has 192 valence electrons. The second kappa shape index (κ2) is 12.3. The van der Waals surface area contributed by atoms with E-state index in [1.807, 2.05) is 19.1 Å². The van der Waals surface area contributed by atoms with E-state index in [0.717, 1.165) is 51.4 Å². The second-order valence-corrected chi connectivity index (χ2v) is 10.0. The molecule has 0 spiro atoms. The zero-order valence-corrected chi connectivity index (χ0v) is 20.8. The number of hydrogen-bond acceptors (Lipinski definition) is 3.